The lowest BCUT2D eigenvalue weighted by Crippen LogP contribution is -2.34. The van der Waals surface area contributed by atoms with E-state index in [0.29, 0.717) is 28.5 Å². The Kier molecular flexibility index (Phi) is 10.6. The second kappa shape index (κ2) is 14.5. The fraction of sp³-hybridized carbons (Fsp3) is 0.185. The number of carbonyl (C=O) groups excluding carboxylic acids is 5. The predicted octanol–water partition coefficient (Wildman–Crippen LogP) is 1.82. The number of nitrogens with one attached hydrogen (secondary N) is 4. The van der Waals surface area contributed by atoms with E-state index < -0.39 is 29.6 Å². The number of ether oxygens (including phenoxy) is 3. The van der Waals surface area contributed by atoms with Crippen molar-refractivity contribution in [1.82, 2.24) is 10.7 Å². The van der Waals surface area contributed by atoms with E-state index in [2.05, 4.69) is 26.5 Å². The van der Waals surface area contributed by atoms with Crippen LogP contribution in [0.5, 0.6) is 11.5 Å². The average Bonchev–Trinajstić information content (AvgIpc) is 3.44. The van der Waals surface area contributed by atoms with Crippen LogP contribution < -0.4 is 30.8 Å². The fourth-order valence-corrected chi connectivity index (χ4v) is 3.18. The molecule has 0 saturated heterocycles. The smallest absolute Gasteiger partial charge is 0.338 e. The third-order valence-electron chi connectivity index (χ3n) is 5.19. The van der Waals surface area contributed by atoms with Gasteiger partial charge >= 0.3 is 29.6 Å². The highest BCUT2D eigenvalue weighted by Crippen LogP contribution is 2.28. The van der Waals surface area contributed by atoms with Gasteiger partial charge in [-0.3, -0.25) is 19.2 Å². The van der Waals surface area contributed by atoms with Gasteiger partial charge < -0.3 is 34.6 Å². The lowest BCUT2D eigenvalue weighted by Gasteiger charge is -2.10. The fourth-order valence-electron chi connectivity index (χ4n) is 3.18. The summed E-state index contributed by atoms with van der Waals surface area (Å²) >= 11 is 0. The molecule has 0 bridgehead atoms. The van der Waals surface area contributed by atoms with Crippen LogP contribution >= 0.6 is 0 Å². The summed E-state index contributed by atoms with van der Waals surface area (Å²) in [4.78, 5) is 60.2. The van der Waals surface area contributed by atoms with Crippen LogP contribution in [-0.4, -0.2) is 56.6 Å². The zero-order valence-corrected chi connectivity index (χ0v) is 22.3. The Morgan fingerprint density at radius 1 is 0.854 bits per heavy atom. The van der Waals surface area contributed by atoms with Gasteiger partial charge in [0, 0.05) is 11.8 Å². The van der Waals surface area contributed by atoms with E-state index in [1.165, 1.54) is 56.7 Å². The molecule has 4 N–H and O–H groups in total. The number of hydrazone groups is 1. The maximum Gasteiger partial charge on any atom is 0.338 e. The summed E-state index contributed by atoms with van der Waals surface area (Å²) in [5.74, 6) is -3.06. The van der Waals surface area contributed by atoms with Gasteiger partial charge in [0.1, 0.15) is 23.0 Å². The summed E-state index contributed by atoms with van der Waals surface area (Å²) < 4.78 is 20.6. The second-order valence-electron chi connectivity index (χ2n) is 7.96. The molecule has 41 heavy (non-hydrogen) atoms. The Bertz CT molecular complexity index is 1450. The molecule has 0 radical (unpaired) electrons. The second-order valence-corrected chi connectivity index (χ2v) is 7.96. The van der Waals surface area contributed by atoms with Crippen LogP contribution in [0.3, 0.4) is 0 Å². The summed E-state index contributed by atoms with van der Waals surface area (Å²) in [6.45, 7) is 1.81. The van der Waals surface area contributed by atoms with E-state index in [4.69, 9.17) is 18.6 Å². The molecule has 0 aliphatic rings. The minimum Gasteiger partial charge on any atom is -0.497 e. The number of nitrogens with zero attached hydrogens (tertiary/aromatic N) is 1. The summed E-state index contributed by atoms with van der Waals surface area (Å²) in [6, 6.07) is 13.5. The van der Waals surface area contributed by atoms with Gasteiger partial charge in [0.15, 0.2) is 0 Å². The standard InChI is InChI=1S/C27H27N5O9/c1-4-40-27(37)16-5-7-17(8-6-16)30-24(34)23(33)28-14-19-9-10-20(41-19)15-29-32-26(36)25(35)31-21-12-11-18(38-2)13-22(21)39-3/h5-13,15H,4,14H2,1-3H3,(H,28,33)(H,30,34)(H,31,35)(H,32,36)/b29-15+. The Hall–Kier alpha value is -5.66. The molecule has 0 spiro atoms. The molecule has 14 nitrogen and oxygen atoms in total. The molecule has 3 rings (SSSR count). The number of benzene rings is 2. The number of amides is 4. The molecular formula is C27H27N5O9. The van der Waals surface area contributed by atoms with Crippen molar-refractivity contribution in [1.29, 1.82) is 0 Å². The van der Waals surface area contributed by atoms with Crippen LogP contribution in [0.1, 0.15) is 28.8 Å². The van der Waals surface area contributed by atoms with Crippen molar-refractivity contribution in [2.24, 2.45) is 5.10 Å². The van der Waals surface area contributed by atoms with E-state index >= 15 is 0 Å². The highest BCUT2D eigenvalue weighted by Gasteiger charge is 2.17. The summed E-state index contributed by atoms with van der Waals surface area (Å²) in [6.07, 6.45) is 1.15. The molecule has 214 valence electrons. The van der Waals surface area contributed by atoms with Crippen LogP contribution in [0.15, 0.2) is 64.1 Å². The zero-order chi connectivity index (χ0) is 29.8. The maximum atomic E-state index is 12.2. The van der Waals surface area contributed by atoms with Crippen molar-refractivity contribution in [3.8, 4) is 11.5 Å². The molecule has 0 aliphatic carbocycles. The first-order valence-corrected chi connectivity index (χ1v) is 12.1. The van der Waals surface area contributed by atoms with E-state index in [0.717, 1.165) is 6.21 Å². The minimum atomic E-state index is -1.04. The summed E-state index contributed by atoms with van der Waals surface area (Å²) in [5.41, 5.74) is 2.95. The topological polar surface area (TPSA) is 187 Å². The van der Waals surface area contributed by atoms with Crippen LogP contribution in [-0.2, 0) is 30.5 Å². The molecule has 1 aromatic heterocycles. The normalized spacial score (nSPS) is 10.4. The Morgan fingerprint density at radius 3 is 2.27 bits per heavy atom. The predicted molar refractivity (Wildman–Crippen MR) is 145 cm³/mol. The molecule has 1 heterocycles. The van der Waals surface area contributed by atoms with E-state index in [1.54, 1.807) is 19.1 Å². The molecule has 0 unspecified atom stereocenters. The average molecular weight is 566 g/mol. The third-order valence-corrected chi connectivity index (χ3v) is 5.19. The molecular weight excluding hydrogens is 538 g/mol. The van der Waals surface area contributed by atoms with E-state index in [1.807, 2.05) is 0 Å². The van der Waals surface area contributed by atoms with Gasteiger partial charge in [-0.15, -0.1) is 0 Å². The quantitative estimate of drug-likeness (QED) is 0.123. The number of furan rings is 1. The first-order chi connectivity index (χ1) is 19.7. The highest BCUT2D eigenvalue weighted by molar-refractivity contribution is 6.40. The first-order valence-electron chi connectivity index (χ1n) is 12.1. The van der Waals surface area contributed by atoms with Gasteiger partial charge in [-0.1, -0.05) is 0 Å². The number of hydrogen-bond acceptors (Lipinski definition) is 10. The Morgan fingerprint density at radius 2 is 1.59 bits per heavy atom. The van der Waals surface area contributed by atoms with Gasteiger partial charge in [-0.05, 0) is 55.5 Å². The van der Waals surface area contributed by atoms with Crippen molar-refractivity contribution < 1.29 is 42.6 Å². The number of rotatable bonds is 10. The van der Waals surface area contributed by atoms with E-state index in [-0.39, 0.29) is 24.6 Å². The first kappa shape index (κ1) is 29.9. The molecule has 3 aromatic rings. The SMILES string of the molecule is CCOC(=O)c1ccc(NC(=O)C(=O)NCc2ccc(/C=N/NC(=O)C(=O)Nc3ccc(OC)cc3OC)o2)cc1. The number of carbonyl (C=O) groups is 5. The molecule has 4 amide bonds. The molecule has 0 fully saturated rings. The van der Waals surface area contributed by atoms with Crippen LogP contribution in [0, 0.1) is 0 Å². The van der Waals surface area contributed by atoms with Gasteiger partial charge in [-0.2, -0.15) is 5.10 Å². The zero-order valence-electron chi connectivity index (χ0n) is 22.3. The van der Waals surface area contributed by atoms with Gasteiger partial charge in [0.25, 0.3) is 0 Å². The highest BCUT2D eigenvalue weighted by atomic mass is 16.5. The number of methoxy groups -OCH3 is 2. The Labute approximate surface area is 234 Å². The van der Waals surface area contributed by atoms with Crippen molar-refractivity contribution in [2.45, 2.75) is 13.5 Å². The molecule has 0 saturated carbocycles. The minimum absolute atomic E-state index is 0.111. The Balaban J connectivity index is 1.44. The lowest BCUT2D eigenvalue weighted by atomic mass is 10.2. The van der Waals surface area contributed by atoms with Crippen LogP contribution in [0.2, 0.25) is 0 Å². The largest absolute Gasteiger partial charge is 0.497 e. The van der Waals surface area contributed by atoms with Crippen LogP contribution in [0.25, 0.3) is 0 Å². The molecule has 0 atom stereocenters. The number of esters is 1. The van der Waals surface area contributed by atoms with E-state index in [9.17, 15) is 24.0 Å². The van der Waals surface area contributed by atoms with Crippen molar-refractivity contribution >= 4 is 47.2 Å². The van der Waals surface area contributed by atoms with Gasteiger partial charge in [-0.25, -0.2) is 10.2 Å². The van der Waals surface area contributed by atoms with Gasteiger partial charge in [0.05, 0.1) is 44.8 Å². The summed E-state index contributed by atoms with van der Waals surface area (Å²) in [5, 5.41) is 10.9. The van der Waals surface area contributed by atoms with Crippen molar-refractivity contribution in [3.63, 3.8) is 0 Å². The van der Waals surface area contributed by atoms with Crippen LogP contribution in [0.4, 0.5) is 11.4 Å². The van der Waals surface area contributed by atoms with Crippen molar-refractivity contribution in [3.05, 3.63) is 71.7 Å². The number of hydrogen-bond donors (Lipinski definition) is 4. The van der Waals surface area contributed by atoms with Crippen molar-refractivity contribution in [2.75, 3.05) is 31.5 Å². The number of anilines is 2. The maximum absolute atomic E-state index is 12.2. The monoisotopic (exact) mass is 565 g/mol. The molecule has 0 aliphatic heterocycles. The molecule has 2 aromatic carbocycles. The molecule has 14 heteroatoms. The lowest BCUT2D eigenvalue weighted by molar-refractivity contribution is -0.136. The summed E-state index contributed by atoms with van der Waals surface area (Å²) in [7, 11) is 2.89. The third kappa shape index (κ3) is 8.68. The van der Waals surface area contributed by atoms with Gasteiger partial charge in [0.2, 0.25) is 0 Å².